The normalized spacial score (nSPS) is 9.92. The van der Waals surface area contributed by atoms with Crippen LogP contribution in [-0.2, 0) is 0 Å². The molecule has 0 radical (unpaired) electrons. The Morgan fingerprint density at radius 3 is 2.77 bits per heavy atom. The molecule has 66 valence electrons. The van der Waals surface area contributed by atoms with Gasteiger partial charge in [-0.05, 0) is 18.2 Å². The minimum absolute atomic E-state index is 0.777. The van der Waals surface area contributed by atoms with Crippen LogP contribution in [0.15, 0.2) is 43.0 Å². The summed E-state index contributed by atoms with van der Waals surface area (Å²) in [5.74, 6) is 0.777. The third kappa shape index (κ3) is 1.40. The molecule has 0 atom stereocenters. The van der Waals surface area contributed by atoms with E-state index in [2.05, 4.69) is 4.98 Å². The molecule has 0 bridgehead atoms. The van der Waals surface area contributed by atoms with Crippen LogP contribution in [0.2, 0.25) is 0 Å². The van der Waals surface area contributed by atoms with Crippen molar-refractivity contribution in [2.24, 2.45) is 0 Å². The summed E-state index contributed by atoms with van der Waals surface area (Å²) in [5.41, 5.74) is 1.00. The molecule has 0 saturated heterocycles. The van der Waals surface area contributed by atoms with Gasteiger partial charge in [-0.15, -0.1) is 0 Å². The molecule has 13 heavy (non-hydrogen) atoms. The van der Waals surface area contributed by atoms with Crippen LogP contribution in [0.4, 0.5) is 0 Å². The van der Waals surface area contributed by atoms with Crippen LogP contribution in [0, 0.1) is 0 Å². The molecular formula is C10H10N2O. The second-order valence-electron chi connectivity index (χ2n) is 2.64. The summed E-state index contributed by atoms with van der Waals surface area (Å²) in [6, 6.07) is 5.86. The fraction of sp³-hybridized carbons (Fsp3) is 0.100. The van der Waals surface area contributed by atoms with Crippen LogP contribution in [0.1, 0.15) is 0 Å². The van der Waals surface area contributed by atoms with Crippen molar-refractivity contribution in [1.82, 2.24) is 9.55 Å². The molecule has 0 aliphatic rings. The lowest BCUT2D eigenvalue weighted by molar-refractivity contribution is 0.411. The molecule has 3 nitrogen and oxygen atoms in total. The predicted octanol–water partition coefficient (Wildman–Crippen LogP) is 1.88. The van der Waals surface area contributed by atoms with Gasteiger partial charge in [0.05, 0.1) is 19.0 Å². The van der Waals surface area contributed by atoms with Gasteiger partial charge in [-0.2, -0.15) is 0 Å². The fourth-order valence-corrected chi connectivity index (χ4v) is 1.24. The summed E-state index contributed by atoms with van der Waals surface area (Å²) in [7, 11) is 1.64. The first kappa shape index (κ1) is 7.86. The standard InChI is InChI=1S/C10H10N2O/c1-13-10-8-11-5-4-9(10)12-6-2-3-7-12/h2-8H,1H3. The van der Waals surface area contributed by atoms with Crippen LogP contribution in [0.5, 0.6) is 5.75 Å². The third-order valence-corrected chi connectivity index (χ3v) is 1.87. The minimum Gasteiger partial charge on any atom is -0.493 e. The number of methoxy groups -OCH3 is 1. The van der Waals surface area contributed by atoms with Gasteiger partial charge in [0.15, 0.2) is 5.75 Å². The first-order valence-corrected chi connectivity index (χ1v) is 4.03. The van der Waals surface area contributed by atoms with Gasteiger partial charge in [-0.1, -0.05) is 0 Å². The Hall–Kier alpha value is -1.77. The Bertz CT molecular complexity index is 382. The van der Waals surface area contributed by atoms with Crippen LogP contribution in [0.25, 0.3) is 5.69 Å². The fourth-order valence-electron chi connectivity index (χ4n) is 1.24. The highest BCUT2D eigenvalue weighted by Crippen LogP contribution is 2.20. The highest BCUT2D eigenvalue weighted by atomic mass is 16.5. The summed E-state index contributed by atoms with van der Waals surface area (Å²) in [5, 5.41) is 0. The van der Waals surface area contributed by atoms with Crippen molar-refractivity contribution in [3.05, 3.63) is 43.0 Å². The average Bonchev–Trinajstić information content (AvgIpc) is 2.70. The summed E-state index contributed by atoms with van der Waals surface area (Å²) in [6.45, 7) is 0. The molecule has 0 fully saturated rings. The number of pyridine rings is 1. The smallest absolute Gasteiger partial charge is 0.161 e. The van der Waals surface area contributed by atoms with E-state index in [1.54, 1.807) is 19.5 Å². The Morgan fingerprint density at radius 2 is 2.08 bits per heavy atom. The second kappa shape index (κ2) is 3.31. The zero-order valence-corrected chi connectivity index (χ0v) is 7.34. The topological polar surface area (TPSA) is 27.1 Å². The van der Waals surface area contributed by atoms with E-state index in [9.17, 15) is 0 Å². The molecule has 2 aromatic rings. The van der Waals surface area contributed by atoms with E-state index in [1.807, 2.05) is 35.2 Å². The molecule has 2 rings (SSSR count). The van der Waals surface area contributed by atoms with E-state index in [4.69, 9.17) is 4.74 Å². The van der Waals surface area contributed by atoms with Gasteiger partial charge in [0, 0.05) is 18.6 Å². The maximum absolute atomic E-state index is 5.19. The molecule has 0 saturated carbocycles. The van der Waals surface area contributed by atoms with Crippen LogP contribution in [-0.4, -0.2) is 16.7 Å². The molecule has 0 aliphatic carbocycles. The zero-order chi connectivity index (χ0) is 9.10. The average molecular weight is 174 g/mol. The molecule has 2 aromatic heterocycles. The summed E-state index contributed by atoms with van der Waals surface area (Å²) in [6.07, 6.45) is 7.39. The predicted molar refractivity (Wildman–Crippen MR) is 50.1 cm³/mol. The van der Waals surface area contributed by atoms with Gasteiger partial charge in [-0.25, -0.2) is 0 Å². The monoisotopic (exact) mass is 174 g/mol. The Kier molecular flexibility index (Phi) is 2.00. The second-order valence-corrected chi connectivity index (χ2v) is 2.64. The maximum atomic E-state index is 5.19. The quantitative estimate of drug-likeness (QED) is 0.695. The molecule has 0 amide bonds. The minimum atomic E-state index is 0.777. The van der Waals surface area contributed by atoms with Gasteiger partial charge in [0.25, 0.3) is 0 Å². The zero-order valence-electron chi connectivity index (χ0n) is 7.34. The summed E-state index contributed by atoms with van der Waals surface area (Å²) >= 11 is 0. The van der Waals surface area contributed by atoms with Crippen molar-refractivity contribution in [2.75, 3.05) is 7.11 Å². The van der Waals surface area contributed by atoms with Crippen molar-refractivity contribution < 1.29 is 4.74 Å². The number of aromatic nitrogens is 2. The summed E-state index contributed by atoms with van der Waals surface area (Å²) < 4.78 is 7.17. The van der Waals surface area contributed by atoms with E-state index in [0.29, 0.717) is 0 Å². The largest absolute Gasteiger partial charge is 0.493 e. The van der Waals surface area contributed by atoms with E-state index >= 15 is 0 Å². The van der Waals surface area contributed by atoms with E-state index < -0.39 is 0 Å². The van der Waals surface area contributed by atoms with Crippen LogP contribution < -0.4 is 4.74 Å². The van der Waals surface area contributed by atoms with Crippen molar-refractivity contribution in [2.45, 2.75) is 0 Å². The van der Waals surface area contributed by atoms with Crippen molar-refractivity contribution in [1.29, 1.82) is 0 Å². The lowest BCUT2D eigenvalue weighted by Crippen LogP contribution is -1.95. The molecule has 0 spiro atoms. The highest BCUT2D eigenvalue weighted by Gasteiger charge is 2.01. The summed E-state index contributed by atoms with van der Waals surface area (Å²) in [4.78, 5) is 3.99. The van der Waals surface area contributed by atoms with Crippen molar-refractivity contribution in [3.63, 3.8) is 0 Å². The lowest BCUT2D eigenvalue weighted by Gasteiger charge is -2.07. The number of nitrogens with zero attached hydrogens (tertiary/aromatic N) is 2. The molecular weight excluding hydrogens is 164 g/mol. The molecule has 3 heteroatoms. The first-order valence-electron chi connectivity index (χ1n) is 4.03. The van der Waals surface area contributed by atoms with E-state index in [1.165, 1.54) is 0 Å². The van der Waals surface area contributed by atoms with Gasteiger partial charge in [-0.3, -0.25) is 4.98 Å². The molecule has 0 N–H and O–H groups in total. The van der Waals surface area contributed by atoms with E-state index in [-0.39, 0.29) is 0 Å². The number of rotatable bonds is 2. The third-order valence-electron chi connectivity index (χ3n) is 1.87. The van der Waals surface area contributed by atoms with E-state index in [0.717, 1.165) is 11.4 Å². The first-order chi connectivity index (χ1) is 6.42. The SMILES string of the molecule is COc1cnccc1-n1cccc1. The lowest BCUT2D eigenvalue weighted by atomic mass is 10.4. The number of hydrogen-bond donors (Lipinski definition) is 0. The number of ether oxygens (including phenoxy) is 1. The van der Waals surface area contributed by atoms with Gasteiger partial charge in [0.2, 0.25) is 0 Å². The molecule has 0 aliphatic heterocycles. The number of hydrogen-bond acceptors (Lipinski definition) is 2. The van der Waals surface area contributed by atoms with Gasteiger partial charge < -0.3 is 9.30 Å². The Morgan fingerprint density at radius 1 is 1.31 bits per heavy atom. The van der Waals surface area contributed by atoms with Gasteiger partial charge in [0.1, 0.15) is 0 Å². The maximum Gasteiger partial charge on any atom is 0.161 e. The van der Waals surface area contributed by atoms with Crippen molar-refractivity contribution >= 4 is 0 Å². The van der Waals surface area contributed by atoms with Gasteiger partial charge >= 0.3 is 0 Å². The Labute approximate surface area is 76.6 Å². The molecule has 2 heterocycles. The van der Waals surface area contributed by atoms with Crippen LogP contribution in [0.3, 0.4) is 0 Å². The van der Waals surface area contributed by atoms with Crippen LogP contribution >= 0.6 is 0 Å². The van der Waals surface area contributed by atoms with Crippen molar-refractivity contribution in [3.8, 4) is 11.4 Å². The molecule has 0 aromatic carbocycles. The molecule has 0 unspecified atom stereocenters. The highest BCUT2D eigenvalue weighted by molar-refractivity contribution is 5.44. The Balaban J connectivity index is 2.51.